The number of carbonyl (C=O) groups excluding carboxylic acids is 1. The first kappa shape index (κ1) is 18.2. The highest BCUT2D eigenvalue weighted by Gasteiger charge is 2.36. The van der Waals surface area contributed by atoms with Gasteiger partial charge in [-0.15, -0.1) is 11.8 Å². The van der Waals surface area contributed by atoms with Crippen molar-refractivity contribution in [2.24, 2.45) is 4.99 Å². The zero-order chi connectivity index (χ0) is 18.9. The number of nitrogens with zero attached hydrogens (tertiary/aromatic N) is 2. The van der Waals surface area contributed by atoms with E-state index in [4.69, 9.17) is 4.52 Å². The summed E-state index contributed by atoms with van der Waals surface area (Å²) in [7, 11) is 0. The number of aryl methyl sites for hydroxylation is 1. The molecule has 136 valence electrons. The number of benzene rings is 1. The number of amides is 1. The summed E-state index contributed by atoms with van der Waals surface area (Å²) in [6.45, 7) is 6.09. The molecule has 1 aromatic heterocycles. The number of aliphatic carboxylic acids is 1. The van der Waals surface area contributed by atoms with Crippen LogP contribution in [0.2, 0.25) is 0 Å². The molecule has 26 heavy (non-hydrogen) atoms. The number of aromatic nitrogens is 1. The van der Waals surface area contributed by atoms with E-state index < -0.39 is 17.9 Å². The molecule has 1 aliphatic rings. The molecule has 1 amide bonds. The van der Waals surface area contributed by atoms with Gasteiger partial charge in [0.2, 0.25) is 0 Å². The summed E-state index contributed by atoms with van der Waals surface area (Å²) in [5.74, 6) is -1.38. The van der Waals surface area contributed by atoms with Crippen molar-refractivity contribution in [1.82, 2.24) is 10.5 Å². The molecule has 0 spiro atoms. The van der Waals surface area contributed by atoms with Gasteiger partial charge in [0.1, 0.15) is 22.1 Å². The van der Waals surface area contributed by atoms with Crippen LogP contribution in [0.4, 0.5) is 0 Å². The standard InChI is InChI=1S/C18H19N3O4S/c1-10-12(13(21-25-10)11-7-5-4-6-8-11)15(22)20-14(17(23)24)16-19-9-18(2,3)26-16/h4-8,14H,9H2,1-3H3,(H,20,22)(H,23,24). The maximum Gasteiger partial charge on any atom is 0.333 e. The summed E-state index contributed by atoms with van der Waals surface area (Å²) in [5, 5.41) is 16.5. The zero-order valence-corrected chi connectivity index (χ0v) is 15.5. The summed E-state index contributed by atoms with van der Waals surface area (Å²) in [5.41, 5.74) is 1.33. The normalized spacial score (nSPS) is 16.8. The van der Waals surface area contributed by atoms with Gasteiger partial charge in [-0.25, -0.2) is 4.79 Å². The van der Waals surface area contributed by atoms with Crippen molar-refractivity contribution in [2.45, 2.75) is 31.6 Å². The van der Waals surface area contributed by atoms with Crippen LogP contribution in [0.25, 0.3) is 11.3 Å². The van der Waals surface area contributed by atoms with Gasteiger partial charge in [0.05, 0.1) is 6.54 Å². The molecule has 2 N–H and O–H groups in total. The molecule has 1 unspecified atom stereocenters. The average Bonchev–Trinajstić information content (AvgIpc) is 3.15. The molecule has 2 aromatic rings. The molecular weight excluding hydrogens is 354 g/mol. The van der Waals surface area contributed by atoms with Gasteiger partial charge in [-0.05, 0) is 20.8 Å². The third-order valence-electron chi connectivity index (χ3n) is 3.90. The Morgan fingerprint density at radius 2 is 2.00 bits per heavy atom. The van der Waals surface area contributed by atoms with Crippen molar-refractivity contribution < 1.29 is 19.2 Å². The van der Waals surface area contributed by atoms with Crippen LogP contribution in [0.1, 0.15) is 30.0 Å². The Morgan fingerprint density at radius 1 is 1.31 bits per heavy atom. The maximum absolute atomic E-state index is 12.8. The molecule has 0 aliphatic carbocycles. The highest BCUT2D eigenvalue weighted by atomic mass is 32.2. The second-order valence-corrected chi connectivity index (χ2v) is 8.32. The van der Waals surface area contributed by atoms with E-state index in [2.05, 4.69) is 15.5 Å². The monoisotopic (exact) mass is 373 g/mol. The predicted octanol–water partition coefficient (Wildman–Crippen LogP) is 2.76. The summed E-state index contributed by atoms with van der Waals surface area (Å²) in [6, 6.07) is 7.92. The van der Waals surface area contributed by atoms with E-state index >= 15 is 0 Å². The van der Waals surface area contributed by atoms with Gasteiger partial charge in [-0.3, -0.25) is 9.79 Å². The Morgan fingerprint density at radius 3 is 2.58 bits per heavy atom. The number of hydrogen-bond acceptors (Lipinski definition) is 6. The number of hydrogen-bond donors (Lipinski definition) is 2. The van der Waals surface area contributed by atoms with E-state index in [0.29, 0.717) is 23.0 Å². The molecule has 0 radical (unpaired) electrons. The topological polar surface area (TPSA) is 105 Å². The summed E-state index contributed by atoms with van der Waals surface area (Å²) in [4.78, 5) is 28.8. The summed E-state index contributed by atoms with van der Waals surface area (Å²) < 4.78 is 4.99. The van der Waals surface area contributed by atoms with E-state index in [1.807, 2.05) is 44.2 Å². The van der Waals surface area contributed by atoms with Crippen LogP contribution in [0.15, 0.2) is 39.8 Å². The summed E-state index contributed by atoms with van der Waals surface area (Å²) >= 11 is 1.36. The molecule has 0 bridgehead atoms. The molecule has 7 nitrogen and oxygen atoms in total. The molecule has 0 fully saturated rings. The number of nitrogens with one attached hydrogen (secondary N) is 1. The third-order valence-corrected chi connectivity index (χ3v) is 5.16. The first-order valence-corrected chi connectivity index (χ1v) is 8.89. The van der Waals surface area contributed by atoms with E-state index in [9.17, 15) is 14.7 Å². The van der Waals surface area contributed by atoms with Crippen LogP contribution in [-0.4, -0.2) is 44.5 Å². The highest BCUT2D eigenvalue weighted by molar-refractivity contribution is 8.15. The lowest BCUT2D eigenvalue weighted by Gasteiger charge is -2.18. The van der Waals surface area contributed by atoms with E-state index in [-0.39, 0.29) is 10.3 Å². The first-order chi connectivity index (χ1) is 12.3. The Balaban J connectivity index is 1.88. The van der Waals surface area contributed by atoms with Crippen molar-refractivity contribution in [2.75, 3.05) is 6.54 Å². The molecule has 8 heteroatoms. The maximum atomic E-state index is 12.8. The third kappa shape index (κ3) is 3.65. The highest BCUT2D eigenvalue weighted by Crippen LogP contribution is 2.33. The SMILES string of the molecule is Cc1onc(-c2ccccc2)c1C(=O)NC(C(=O)O)C1=NCC(C)(C)S1. The van der Waals surface area contributed by atoms with Crippen molar-refractivity contribution in [3.05, 3.63) is 41.7 Å². The Bertz CT molecular complexity index is 874. The lowest BCUT2D eigenvalue weighted by Crippen LogP contribution is -2.45. The molecule has 3 rings (SSSR count). The van der Waals surface area contributed by atoms with Gasteiger partial charge in [-0.2, -0.15) is 0 Å². The lowest BCUT2D eigenvalue weighted by molar-refractivity contribution is -0.137. The number of carboxylic acid groups (broad SMARTS) is 1. The van der Waals surface area contributed by atoms with Crippen molar-refractivity contribution >= 4 is 28.7 Å². The smallest absolute Gasteiger partial charge is 0.333 e. The van der Waals surface area contributed by atoms with E-state index in [0.717, 1.165) is 5.56 Å². The fraction of sp³-hybridized carbons (Fsp3) is 0.333. The largest absolute Gasteiger partial charge is 0.479 e. The minimum atomic E-state index is -1.20. The molecule has 0 saturated carbocycles. The van der Waals surface area contributed by atoms with Crippen molar-refractivity contribution in [1.29, 1.82) is 0 Å². The van der Waals surface area contributed by atoms with Crippen molar-refractivity contribution in [3.63, 3.8) is 0 Å². The number of thioether (sulfide) groups is 1. The minimum Gasteiger partial charge on any atom is -0.479 e. The molecule has 0 saturated heterocycles. The first-order valence-electron chi connectivity index (χ1n) is 8.07. The van der Waals surface area contributed by atoms with E-state index in [1.54, 1.807) is 6.92 Å². The van der Waals surface area contributed by atoms with Gasteiger partial charge in [0.15, 0.2) is 6.04 Å². The van der Waals surface area contributed by atoms with Crippen LogP contribution in [0.5, 0.6) is 0 Å². The van der Waals surface area contributed by atoms with Crippen LogP contribution in [0, 0.1) is 6.92 Å². The van der Waals surface area contributed by atoms with Gasteiger partial charge in [-0.1, -0.05) is 35.5 Å². The molecular formula is C18H19N3O4S. The lowest BCUT2D eigenvalue weighted by atomic mass is 10.1. The number of aliphatic imine (C=N–C) groups is 1. The van der Waals surface area contributed by atoms with Crippen molar-refractivity contribution in [3.8, 4) is 11.3 Å². The second kappa shape index (κ2) is 6.95. The van der Waals surface area contributed by atoms with Crippen LogP contribution in [0.3, 0.4) is 0 Å². The van der Waals surface area contributed by atoms with E-state index in [1.165, 1.54) is 11.8 Å². The number of rotatable bonds is 5. The number of carboxylic acids is 1. The summed E-state index contributed by atoms with van der Waals surface area (Å²) in [6.07, 6.45) is 0. The zero-order valence-electron chi connectivity index (χ0n) is 14.6. The van der Waals surface area contributed by atoms with Gasteiger partial charge in [0, 0.05) is 10.3 Å². The van der Waals surface area contributed by atoms with Gasteiger partial charge < -0.3 is 14.9 Å². The molecule has 1 atom stereocenters. The quantitative estimate of drug-likeness (QED) is 0.835. The Labute approximate surface area is 154 Å². The molecule has 1 aliphatic heterocycles. The Hall–Kier alpha value is -2.61. The number of carbonyl (C=O) groups is 2. The predicted molar refractivity (Wildman–Crippen MR) is 99.5 cm³/mol. The van der Waals surface area contributed by atoms with Gasteiger partial charge >= 0.3 is 5.97 Å². The average molecular weight is 373 g/mol. The Kier molecular flexibility index (Phi) is 4.86. The fourth-order valence-corrected chi connectivity index (χ4v) is 3.73. The second-order valence-electron chi connectivity index (χ2n) is 6.59. The van der Waals surface area contributed by atoms with Crippen LogP contribution >= 0.6 is 11.8 Å². The molecule has 2 heterocycles. The minimum absolute atomic E-state index is 0.184. The van der Waals surface area contributed by atoms with Gasteiger partial charge in [0.25, 0.3) is 5.91 Å². The van der Waals surface area contributed by atoms with Crippen LogP contribution in [-0.2, 0) is 4.79 Å². The van der Waals surface area contributed by atoms with Crippen LogP contribution < -0.4 is 5.32 Å². The molecule has 1 aromatic carbocycles. The fourth-order valence-electron chi connectivity index (χ4n) is 2.63.